The van der Waals surface area contributed by atoms with E-state index in [4.69, 9.17) is 0 Å². The molecule has 1 N–H and O–H groups in total. The molecule has 1 aromatic heterocycles. The number of anilines is 1. The first-order valence-corrected chi connectivity index (χ1v) is 9.31. The highest BCUT2D eigenvalue weighted by Crippen LogP contribution is 2.46. The molecule has 2 aromatic rings. The number of benzene rings is 1. The molecule has 0 spiro atoms. The van der Waals surface area contributed by atoms with Crippen molar-refractivity contribution in [1.82, 2.24) is 9.55 Å². The number of hydrogen-bond donors (Lipinski definition) is 1. The van der Waals surface area contributed by atoms with Crippen LogP contribution in [0.3, 0.4) is 0 Å². The van der Waals surface area contributed by atoms with Crippen molar-refractivity contribution < 1.29 is 4.39 Å². The van der Waals surface area contributed by atoms with Crippen molar-refractivity contribution in [2.75, 3.05) is 18.0 Å². The van der Waals surface area contributed by atoms with Crippen LogP contribution in [0.4, 0.5) is 10.1 Å². The van der Waals surface area contributed by atoms with Crippen LogP contribution >= 0.6 is 0 Å². The van der Waals surface area contributed by atoms with Crippen LogP contribution in [0.2, 0.25) is 0 Å². The summed E-state index contributed by atoms with van der Waals surface area (Å²) in [5, 5.41) is 0.260. The van der Waals surface area contributed by atoms with Crippen LogP contribution in [-0.2, 0) is 6.54 Å². The van der Waals surface area contributed by atoms with Crippen LogP contribution in [0.1, 0.15) is 33.1 Å². The Balaban J connectivity index is 0.000000758. The Labute approximate surface area is 145 Å². The van der Waals surface area contributed by atoms with Crippen LogP contribution in [0, 0.1) is 23.6 Å². The molecule has 5 nitrogen and oxygen atoms in total. The number of piperidine rings is 1. The maximum absolute atomic E-state index is 14.5. The largest absolute Gasteiger partial charge is 0.369 e. The highest BCUT2D eigenvalue weighted by Gasteiger charge is 2.45. The first kappa shape index (κ1) is 16.4. The Morgan fingerprint density at radius 2 is 1.84 bits per heavy atom. The molecule has 3 aliphatic rings. The van der Waals surface area contributed by atoms with Crippen molar-refractivity contribution in [2.45, 2.75) is 39.7 Å². The number of H-pyrrole nitrogens is 1. The molecule has 5 rings (SSSR count). The summed E-state index contributed by atoms with van der Waals surface area (Å²) >= 11 is 0. The number of nitrogens with zero attached hydrogens (tertiary/aromatic N) is 2. The fourth-order valence-electron chi connectivity index (χ4n) is 3.87. The molecule has 25 heavy (non-hydrogen) atoms. The van der Waals surface area contributed by atoms with Gasteiger partial charge in [0.2, 0.25) is 0 Å². The lowest BCUT2D eigenvalue weighted by molar-refractivity contribution is 0.605. The molecule has 134 valence electrons. The lowest BCUT2D eigenvalue weighted by atomic mass is 10.2. The monoisotopic (exact) mass is 345 g/mol. The zero-order valence-electron chi connectivity index (χ0n) is 14.7. The molecule has 1 aliphatic heterocycles. The topological polar surface area (TPSA) is 58.1 Å². The molecule has 0 bridgehead atoms. The van der Waals surface area contributed by atoms with E-state index >= 15 is 0 Å². The van der Waals surface area contributed by atoms with E-state index in [1.807, 2.05) is 13.8 Å². The maximum Gasteiger partial charge on any atom is 0.328 e. The van der Waals surface area contributed by atoms with Crippen LogP contribution in [0.25, 0.3) is 10.9 Å². The summed E-state index contributed by atoms with van der Waals surface area (Å²) in [6.45, 7) is 6.36. The van der Waals surface area contributed by atoms with Gasteiger partial charge in [0.15, 0.2) is 0 Å². The van der Waals surface area contributed by atoms with Crippen molar-refractivity contribution >= 4 is 16.6 Å². The van der Waals surface area contributed by atoms with Gasteiger partial charge in [-0.1, -0.05) is 13.8 Å². The lowest BCUT2D eigenvalue weighted by Crippen LogP contribution is -2.31. The predicted molar refractivity (Wildman–Crippen MR) is 96.7 cm³/mol. The standard InChI is InChI=1S/C17H18FN3O2.C2H6/c18-13-4-12-14(5-15(13)20-7-10-3-11(10)8-20)21(6-9-1-2-9)17(23)19-16(12)22;1-2/h4-5,9-11H,1-3,6-8H2,(H,19,22,23);1-2H3. The highest BCUT2D eigenvalue weighted by molar-refractivity contribution is 5.82. The van der Waals surface area contributed by atoms with E-state index in [0.717, 1.165) is 25.9 Å². The van der Waals surface area contributed by atoms with E-state index in [0.29, 0.717) is 35.5 Å². The zero-order valence-corrected chi connectivity index (χ0v) is 14.7. The molecule has 0 radical (unpaired) electrons. The summed E-state index contributed by atoms with van der Waals surface area (Å²) in [7, 11) is 0. The summed E-state index contributed by atoms with van der Waals surface area (Å²) in [5.74, 6) is 1.51. The van der Waals surface area contributed by atoms with Gasteiger partial charge >= 0.3 is 5.69 Å². The smallest absolute Gasteiger partial charge is 0.328 e. The quantitative estimate of drug-likeness (QED) is 0.930. The first-order chi connectivity index (χ1) is 12.1. The fraction of sp³-hybridized carbons (Fsp3) is 0.579. The minimum Gasteiger partial charge on any atom is -0.369 e. The Bertz CT molecular complexity index is 919. The SMILES string of the molecule is CC.O=c1[nH]c(=O)n(CC2CC2)c2cc(N3CC4CC4C3)c(F)cc12. The lowest BCUT2D eigenvalue weighted by Gasteiger charge is -2.22. The second-order valence-electron chi connectivity index (χ2n) is 7.29. The number of nitrogens with one attached hydrogen (secondary N) is 1. The van der Waals surface area contributed by atoms with Crippen molar-refractivity contribution in [2.24, 2.45) is 17.8 Å². The molecule has 6 heteroatoms. The molecular formula is C19H24FN3O2. The van der Waals surface area contributed by atoms with Crippen LogP contribution in [0.15, 0.2) is 21.7 Å². The molecule has 1 saturated heterocycles. The molecule has 2 aliphatic carbocycles. The molecule has 1 aromatic carbocycles. The Kier molecular flexibility index (Phi) is 3.93. The van der Waals surface area contributed by atoms with Gasteiger partial charge in [-0.3, -0.25) is 14.3 Å². The van der Waals surface area contributed by atoms with Gasteiger partial charge in [-0.05, 0) is 49.1 Å². The van der Waals surface area contributed by atoms with Gasteiger partial charge in [-0.25, -0.2) is 9.18 Å². The van der Waals surface area contributed by atoms with E-state index in [1.165, 1.54) is 12.5 Å². The van der Waals surface area contributed by atoms with Crippen molar-refractivity contribution in [3.8, 4) is 0 Å². The molecule has 2 unspecified atom stereocenters. The van der Waals surface area contributed by atoms with Gasteiger partial charge in [-0.2, -0.15) is 0 Å². The molecular weight excluding hydrogens is 321 g/mol. The summed E-state index contributed by atoms with van der Waals surface area (Å²) in [5.41, 5.74) is 0.185. The predicted octanol–water partition coefficient (Wildman–Crippen LogP) is 2.72. The minimum absolute atomic E-state index is 0.260. The summed E-state index contributed by atoms with van der Waals surface area (Å²) in [4.78, 5) is 28.6. The Morgan fingerprint density at radius 1 is 1.16 bits per heavy atom. The van der Waals surface area contributed by atoms with E-state index in [1.54, 1.807) is 10.6 Å². The van der Waals surface area contributed by atoms with Crippen LogP contribution in [0.5, 0.6) is 0 Å². The molecule has 3 fully saturated rings. The number of fused-ring (bicyclic) bond motifs is 2. The van der Waals surface area contributed by atoms with Gasteiger partial charge in [0.25, 0.3) is 5.56 Å². The van der Waals surface area contributed by atoms with E-state index < -0.39 is 11.2 Å². The average molecular weight is 345 g/mol. The van der Waals surface area contributed by atoms with Gasteiger partial charge in [0.1, 0.15) is 5.82 Å². The third kappa shape index (κ3) is 2.87. The second-order valence-corrected chi connectivity index (χ2v) is 7.29. The van der Waals surface area contributed by atoms with Crippen molar-refractivity contribution in [1.29, 1.82) is 0 Å². The third-order valence-corrected chi connectivity index (χ3v) is 5.52. The number of aromatic nitrogens is 2. The first-order valence-electron chi connectivity index (χ1n) is 9.31. The van der Waals surface area contributed by atoms with Gasteiger partial charge in [0, 0.05) is 19.6 Å². The van der Waals surface area contributed by atoms with Gasteiger partial charge in [-0.15, -0.1) is 0 Å². The Morgan fingerprint density at radius 3 is 2.48 bits per heavy atom. The van der Waals surface area contributed by atoms with Crippen LogP contribution < -0.4 is 16.1 Å². The number of rotatable bonds is 3. The van der Waals surface area contributed by atoms with Crippen molar-refractivity contribution in [3.05, 3.63) is 38.8 Å². The number of aromatic amines is 1. The zero-order chi connectivity index (χ0) is 17.7. The normalized spacial score (nSPS) is 24.0. The van der Waals surface area contributed by atoms with E-state index in [9.17, 15) is 14.0 Å². The second kappa shape index (κ2) is 6.00. The highest BCUT2D eigenvalue weighted by atomic mass is 19.1. The molecule has 2 saturated carbocycles. The van der Waals surface area contributed by atoms with Gasteiger partial charge in [0.05, 0.1) is 16.6 Å². The van der Waals surface area contributed by atoms with Gasteiger partial charge < -0.3 is 4.90 Å². The maximum atomic E-state index is 14.5. The summed E-state index contributed by atoms with van der Waals surface area (Å²) in [6.07, 6.45) is 3.46. The average Bonchev–Trinajstić information content (AvgIpc) is 3.53. The van der Waals surface area contributed by atoms with E-state index in [-0.39, 0.29) is 11.2 Å². The van der Waals surface area contributed by atoms with Crippen molar-refractivity contribution in [3.63, 3.8) is 0 Å². The number of hydrogen-bond acceptors (Lipinski definition) is 3. The third-order valence-electron chi connectivity index (χ3n) is 5.52. The Hall–Kier alpha value is -2.11. The molecule has 2 atom stereocenters. The minimum atomic E-state index is -0.508. The van der Waals surface area contributed by atoms with Crippen LogP contribution in [-0.4, -0.2) is 22.6 Å². The summed E-state index contributed by atoms with van der Waals surface area (Å²) in [6, 6.07) is 2.99. The van der Waals surface area contributed by atoms with E-state index in [2.05, 4.69) is 9.88 Å². The number of halogens is 1. The summed E-state index contributed by atoms with van der Waals surface area (Å²) < 4.78 is 16.1. The molecule has 2 heterocycles. The fourth-order valence-corrected chi connectivity index (χ4v) is 3.87. The molecule has 0 amide bonds.